The van der Waals surface area contributed by atoms with Crippen molar-refractivity contribution in [3.8, 4) is 17.0 Å². The van der Waals surface area contributed by atoms with Crippen molar-refractivity contribution in [2.75, 3.05) is 31.0 Å². The summed E-state index contributed by atoms with van der Waals surface area (Å²) in [5, 5.41) is 10.8. The van der Waals surface area contributed by atoms with Crippen molar-refractivity contribution in [3.05, 3.63) is 48.3 Å². The summed E-state index contributed by atoms with van der Waals surface area (Å²) in [7, 11) is 1.58. The molecule has 1 saturated carbocycles. The maximum absolute atomic E-state index is 12.2. The zero-order chi connectivity index (χ0) is 24.4. The molecule has 0 radical (unpaired) electrons. The van der Waals surface area contributed by atoms with Crippen LogP contribution in [0.15, 0.2) is 42.7 Å². The zero-order valence-corrected chi connectivity index (χ0v) is 19.5. The van der Waals surface area contributed by atoms with Crippen molar-refractivity contribution >= 4 is 29.0 Å². The normalized spacial score (nSPS) is 17.6. The van der Waals surface area contributed by atoms with Crippen LogP contribution in [0.2, 0.25) is 0 Å². The Balaban J connectivity index is 1.45. The number of para-hydroxylation sites is 1. The number of aromatic nitrogens is 3. The van der Waals surface area contributed by atoms with Crippen LogP contribution in [0.25, 0.3) is 11.3 Å². The van der Waals surface area contributed by atoms with Crippen LogP contribution >= 0.6 is 0 Å². The van der Waals surface area contributed by atoms with Crippen molar-refractivity contribution < 1.29 is 19.1 Å². The Bertz CT molecular complexity index is 1250. The lowest BCUT2D eigenvalue weighted by Gasteiger charge is -2.22. The Labute approximate surface area is 202 Å². The minimum Gasteiger partial charge on any atom is -0.494 e. The molecule has 4 N–H and O–H groups in total. The Kier molecular flexibility index (Phi) is 6.37. The van der Waals surface area contributed by atoms with E-state index in [1.807, 2.05) is 35.1 Å². The molecule has 1 saturated heterocycles. The molecule has 1 aliphatic heterocycles. The number of carbonyl (C=O) groups excluding carboxylic acids is 2. The van der Waals surface area contributed by atoms with Crippen molar-refractivity contribution in [1.29, 1.82) is 0 Å². The average molecular weight is 477 g/mol. The standard InChI is InChI=1S/C25H28N6O4/c1-34-23-17(19-9-10-31(30-19)16-4-3-11-35-14-16)5-2-6-20(23)28-21-12-22(27-13-18(21)24(26)32)29-25(33)15-7-8-15/h2,5-6,9-10,12-13,15-16H,3-4,7-8,11,14H2,1H3,(H2,26,32)(H2,27,28,29,33)/t16-/m1/s1. The second-order valence-corrected chi connectivity index (χ2v) is 8.81. The van der Waals surface area contributed by atoms with Crippen LogP contribution in [0.4, 0.5) is 17.2 Å². The van der Waals surface area contributed by atoms with Crippen molar-refractivity contribution in [2.45, 2.75) is 31.7 Å². The van der Waals surface area contributed by atoms with Crippen LogP contribution in [0.5, 0.6) is 5.75 Å². The first kappa shape index (κ1) is 22.9. The maximum atomic E-state index is 12.2. The first-order valence-corrected chi connectivity index (χ1v) is 11.7. The Hall–Kier alpha value is -3.92. The highest BCUT2D eigenvalue weighted by molar-refractivity contribution is 6.01. The van der Waals surface area contributed by atoms with Crippen molar-refractivity contribution in [1.82, 2.24) is 14.8 Å². The highest BCUT2D eigenvalue weighted by Gasteiger charge is 2.30. The van der Waals surface area contributed by atoms with Gasteiger partial charge in [-0.25, -0.2) is 4.98 Å². The molecule has 10 nitrogen and oxygen atoms in total. The van der Waals surface area contributed by atoms with Gasteiger partial charge in [-0.1, -0.05) is 6.07 Å². The van der Waals surface area contributed by atoms with Gasteiger partial charge in [-0.3, -0.25) is 14.3 Å². The monoisotopic (exact) mass is 476 g/mol. The van der Waals surface area contributed by atoms with E-state index in [1.165, 1.54) is 6.20 Å². The number of hydrogen-bond donors (Lipinski definition) is 3. The molecule has 5 rings (SSSR count). The van der Waals surface area contributed by atoms with Gasteiger partial charge < -0.3 is 25.8 Å². The predicted octanol–water partition coefficient (Wildman–Crippen LogP) is 3.50. The molecule has 182 valence electrons. The molecule has 2 amide bonds. The highest BCUT2D eigenvalue weighted by Crippen LogP contribution is 2.38. The molecule has 3 aromatic rings. The number of anilines is 3. The van der Waals surface area contributed by atoms with Gasteiger partial charge in [0.25, 0.3) is 5.91 Å². The van der Waals surface area contributed by atoms with E-state index in [-0.39, 0.29) is 23.4 Å². The lowest BCUT2D eigenvalue weighted by molar-refractivity contribution is -0.117. The highest BCUT2D eigenvalue weighted by atomic mass is 16.5. The predicted molar refractivity (Wildman–Crippen MR) is 131 cm³/mol. The number of amides is 2. The van der Waals surface area contributed by atoms with Crippen LogP contribution in [-0.4, -0.2) is 46.9 Å². The molecule has 0 bridgehead atoms. The van der Waals surface area contributed by atoms with Gasteiger partial charge in [-0.05, 0) is 43.9 Å². The van der Waals surface area contributed by atoms with E-state index in [9.17, 15) is 9.59 Å². The van der Waals surface area contributed by atoms with Crippen LogP contribution in [0.3, 0.4) is 0 Å². The van der Waals surface area contributed by atoms with E-state index in [2.05, 4.69) is 15.6 Å². The van der Waals surface area contributed by atoms with Crippen LogP contribution in [0.1, 0.15) is 42.1 Å². The fraction of sp³-hybridized carbons (Fsp3) is 0.360. The summed E-state index contributed by atoms with van der Waals surface area (Å²) in [6, 6.07) is 9.40. The second kappa shape index (κ2) is 9.75. The van der Waals surface area contributed by atoms with E-state index in [0.29, 0.717) is 29.5 Å². The minimum atomic E-state index is -0.636. The number of primary amides is 1. The number of benzene rings is 1. The van der Waals surface area contributed by atoms with Gasteiger partial charge in [0, 0.05) is 36.5 Å². The van der Waals surface area contributed by atoms with Crippen LogP contribution in [0, 0.1) is 5.92 Å². The molecule has 10 heteroatoms. The summed E-state index contributed by atoms with van der Waals surface area (Å²) in [5.41, 5.74) is 8.37. The number of nitrogens with two attached hydrogens (primary N) is 1. The molecule has 0 unspecified atom stereocenters. The summed E-state index contributed by atoms with van der Waals surface area (Å²) < 4.78 is 13.3. The van der Waals surface area contributed by atoms with E-state index in [0.717, 1.165) is 43.5 Å². The first-order valence-electron chi connectivity index (χ1n) is 11.7. The molecule has 0 spiro atoms. The lowest BCUT2D eigenvalue weighted by Crippen LogP contribution is -2.21. The summed E-state index contributed by atoms with van der Waals surface area (Å²) >= 11 is 0. The molecule has 2 aromatic heterocycles. The SMILES string of the molecule is COc1c(Nc2cc(NC(=O)C3CC3)ncc2C(N)=O)cccc1-c1ccn([C@@H]2CCCOC2)n1. The van der Waals surface area contributed by atoms with E-state index < -0.39 is 5.91 Å². The fourth-order valence-electron chi connectivity index (χ4n) is 4.22. The van der Waals surface area contributed by atoms with E-state index in [1.54, 1.807) is 13.2 Å². The minimum absolute atomic E-state index is 0.0285. The van der Waals surface area contributed by atoms with E-state index >= 15 is 0 Å². The molecular formula is C25H28N6O4. The number of carbonyl (C=O) groups is 2. The third kappa shape index (κ3) is 4.97. The summed E-state index contributed by atoms with van der Waals surface area (Å²) in [6.45, 7) is 1.44. The van der Waals surface area contributed by atoms with Gasteiger partial charge in [-0.2, -0.15) is 5.10 Å². The quantitative estimate of drug-likeness (QED) is 0.453. The summed E-state index contributed by atoms with van der Waals surface area (Å²) in [6.07, 6.45) is 7.11. The summed E-state index contributed by atoms with van der Waals surface area (Å²) in [4.78, 5) is 28.4. The lowest BCUT2D eigenvalue weighted by atomic mass is 10.1. The Morgan fingerprint density at radius 2 is 2.06 bits per heavy atom. The van der Waals surface area contributed by atoms with Crippen LogP contribution in [-0.2, 0) is 9.53 Å². The third-order valence-corrected chi connectivity index (χ3v) is 6.25. The van der Waals surface area contributed by atoms with Gasteiger partial charge in [0.15, 0.2) is 5.75 Å². The van der Waals surface area contributed by atoms with E-state index in [4.69, 9.17) is 20.3 Å². The molecular weight excluding hydrogens is 448 g/mol. The number of ether oxygens (including phenoxy) is 2. The fourth-order valence-corrected chi connectivity index (χ4v) is 4.22. The Morgan fingerprint density at radius 1 is 1.20 bits per heavy atom. The molecule has 2 aliphatic rings. The number of hydrogen-bond acceptors (Lipinski definition) is 7. The van der Waals surface area contributed by atoms with Crippen molar-refractivity contribution in [3.63, 3.8) is 0 Å². The maximum Gasteiger partial charge on any atom is 0.252 e. The number of pyridine rings is 1. The zero-order valence-electron chi connectivity index (χ0n) is 19.5. The van der Waals surface area contributed by atoms with Gasteiger partial charge in [0.1, 0.15) is 5.82 Å². The Morgan fingerprint density at radius 3 is 2.77 bits per heavy atom. The number of nitrogens with zero attached hydrogens (tertiary/aromatic N) is 3. The molecule has 1 aliphatic carbocycles. The van der Waals surface area contributed by atoms with Crippen molar-refractivity contribution in [2.24, 2.45) is 11.7 Å². The molecule has 1 aromatic carbocycles. The number of rotatable bonds is 8. The second-order valence-electron chi connectivity index (χ2n) is 8.81. The van der Waals surface area contributed by atoms with Gasteiger partial charge in [-0.15, -0.1) is 0 Å². The molecule has 1 atom stereocenters. The average Bonchev–Trinajstić information content (AvgIpc) is 3.61. The largest absolute Gasteiger partial charge is 0.494 e. The number of nitrogens with one attached hydrogen (secondary N) is 2. The molecule has 3 heterocycles. The van der Waals surface area contributed by atoms with Gasteiger partial charge in [0.05, 0.1) is 42.4 Å². The van der Waals surface area contributed by atoms with Gasteiger partial charge in [0.2, 0.25) is 5.91 Å². The molecule has 2 fully saturated rings. The topological polar surface area (TPSA) is 133 Å². The smallest absolute Gasteiger partial charge is 0.252 e. The van der Waals surface area contributed by atoms with Gasteiger partial charge >= 0.3 is 0 Å². The van der Waals surface area contributed by atoms with Crippen LogP contribution < -0.4 is 21.1 Å². The molecule has 35 heavy (non-hydrogen) atoms. The number of methoxy groups -OCH3 is 1. The summed E-state index contributed by atoms with van der Waals surface area (Å²) in [5.74, 6) is 0.227. The third-order valence-electron chi connectivity index (χ3n) is 6.25. The first-order chi connectivity index (χ1) is 17.0.